The highest BCUT2D eigenvalue weighted by molar-refractivity contribution is 5.94. The van der Waals surface area contributed by atoms with Gasteiger partial charge in [0.2, 0.25) is 0 Å². The van der Waals surface area contributed by atoms with Gasteiger partial charge in [0, 0.05) is 24.3 Å². The molecule has 0 fully saturated rings. The molecule has 2 aromatic carbocycles. The molecule has 3 N–H and O–H groups in total. The van der Waals surface area contributed by atoms with E-state index in [1.54, 1.807) is 31.4 Å². The second kappa shape index (κ2) is 8.94. The van der Waals surface area contributed by atoms with Gasteiger partial charge < -0.3 is 25.4 Å². The zero-order chi connectivity index (χ0) is 18.2. The lowest BCUT2D eigenvalue weighted by atomic mass is 10.1. The Kier molecular flexibility index (Phi) is 6.65. The largest absolute Gasteiger partial charge is 0.493 e. The van der Waals surface area contributed by atoms with Crippen LogP contribution in [-0.2, 0) is 6.54 Å². The molecule has 6 heteroatoms. The van der Waals surface area contributed by atoms with Crippen molar-refractivity contribution in [1.82, 2.24) is 10.2 Å². The molecule has 0 heterocycles. The first kappa shape index (κ1) is 18.6. The van der Waals surface area contributed by atoms with Crippen LogP contribution in [0.1, 0.15) is 15.9 Å². The summed E-state index contributed by atoms with van der Waals surface area (Å²) in [6.07, 6.45) is 0. The summed E-state index contributed by atoms with van der Waals surface area (Å²) in [5.41, 5.74) is 7.73. The first-order chi connectivity index (χ1) is 12.0. The smallest absolute Gasteiger partial charge is 0.251 e. The van der Waals surface area contributed by atoms with Crippen molar-refractivity contribution in [2.75, 3.05) is 40.1 Å². The molecule has 1 amide bonds. The lowest BCUT2D eigenvalue weighted by Gasteiger charge is -2.14. The number of carbonyl (C=O) groups excluding carboxylic acids is 1. The van der Waals surface area contributed by atoms with Gasteiger partial charge in [0.05, 0.1) is 7.11 Å². The van der Waals surface area contributed by atoms with Crippen molar-refractivity contribution >= 4 is 11.6 Å². The summed E-state index contributed by atoms with van der Waals surface area (Å²) in [5.74, 6) is 1.17. The van der Waals surface area contributed by atoms with Crippen LogP contribution in [0.25, 0.3) is 0 Å². The molecule has 0 saturated heterocycles. The van der Waals surface area contributed by atoms with Crippen LogP contribution in [0.5, 0.6) is 11.5 Å². The number of likely N-dealkylation sites (N-methyl/N-ethyl adjacent to an activating group) is 1. The minimum Gasteiger partial charge on any atom is -0.493 e. The van der Waals surface area contributed by atoms with Crippen molar-refractivity contribution < 1.29 is 14.3 Å². The SMILES string of the molecule is COc1cc(CNC(=O)c2cccc(N)c2)ccc1OCCN(C)C. The van der Waals surface area contributed by atoms with Crippen LogP contribution >= 0.6 is 0 Å². The highest BCUT2D eigenvalue weighted by Crippen LogP contribution is 2.28. The second-order valence-corrected chi connectivity index (χ2v) is 5.95. The fourth-order valence-electron chi connectivity index (χ4n) is 2.24. The summed E-state index contributed by atoms with van der Waals surface area (Å²) >= 11 is 0. The minimum absolute atomic E-state index is 0.169. The summed E-state index contributed by atoms with van der Waals surface area (Å²) in [6, 6.07) is 12.5. The first-order valence-electron chi connectivity index (χ1n) is 8.08. The van der Waals surface area contributed by atoms with Gasteiger partial charge in [0.15, 0.2) is 11.5 Å². The average molecular weight is 343 g/mol. The Hall–Kier alpha value is -2.73. The zero-order valence-corrected chi connectivity index (χ0v) is 14.9. The van der Waals surface area contributed by atoms with Crippen LogP contribution < -0.4 is 20.5 Å². The van der Waals surface area contributed by atoms with Crippen LogP contribution in [-0.4, -0.2) is 45.2 Å². The van der Waals surface area contributed by atoms with E-state index in [9.17, 15) is 4.79 Å². The topological polar surface area (TPSA) is 76.8 Å². The van der Waals surface area contributed by atoms with E-state index in [-0.39, 0.29) is 5.91 Å². The molecular formula is C19H25N3O3. The van der Waals surface area contributed by atoms with E-state index in [2.05, 4.69) is 5.32 Å². The number of amides is 1. The molecule has 0 aliphatic rings. The summed E-state index contributed by atoms with van der Waals surface area (Å²) < 4.78 is 11.1. The standard InChI is InChI=1S/C19H25N3O3/c1-22(2)9-10-25-17-8-7-14(11-18(17)24-3)13-21-19(23)15-5-4-6-16(20)12-15/h4-8,11-12H,9-10,13,20H2,1-3H3,(H,21,23). The molecule has 134 valence electrons. The molecule has 0 radical (unpaired) electrons. The highest BCUT2D eigenvalue weighted by atomic mass is 16.5. The lowest BCUT2D eigenvalue weighted by Crippen LogP contribution is -2.23. The summed E-state index contributed by atoms with van der Waals surface area (Å²) in [6.45, 7) is 1.79. The number of carbonyl (C=O) groups is 1. The number of anilines is 1. The normalized spacial score (nSPS) is 10.6. The van der Waals surface area contributed by atoms with Gasteiger partial charge in [-0.05, 0) is 50.0 Å². The molecule has 0 aliphatic heterocycles. The number of methoxy groups -OCH3 is 1. The number of nitrogens with two attached hydrogens (primary N) is 1. The number of benzene rings is 2. The van der Waals surface area contributed by atoms with Gasteiger partial charge in [-0.15, -0.1) is 0 Å². The Balaban J connectivity index is 1.97. The van der Waals surface area contributed by atoms with Gasteiger partial charge in [-0.1, -0.05) is 12.1 Å². The van der Waals surface area contributed by atoms with Crippen LogP contribution in [0.15, 0.2) is 42.5 Å². The highest BCUT2D eigenvalue weighted by Gasteiger charge is 2.09. The van der Waals surface area contributed by atoms with Gasteiger partial charge in [-0.3, -0.25) is 4.79 Å². The van der Waals surface area contributed by atoms with Crippen molar-refractivity contribution in [1.29, 1.82) is 0 Å². The quantitative estimate of drug-likeness (QED) is 0.718. The van der Waals surface area contributed by atoms with Crippen LogP contribution in [0.2, 0.25) is 0 Å². The van der Waals surface area contributed by atoms with Crippen LogP contribution in [0.3, 0.4) is 0 Å². The van der Waals surface area contributed by atoms with Gasteiger partial charge >= 0.3 is 0 Å². The number of nitrogens with one attached hydrogen (secondary N) is 1. The molecule has 0 spiro atoms. The molecule has 2 rings (SSSR count). The third-order valence-corrected chi connectivity index (χ3v) is 3.63. The maximum atomic E-state index is 12.2. The van der Waals surface area contributed by atoms with E-state index < -0.39 is 0 Å². The number of hydrogen-bond acceptors (Lipinski definition) is 5. The Morgan fingerprint density at radius 1 is 1.16 bits per heavy atom. The molecule has 0 bridgehead atoms. The van der Waals surface area contributed by atoms with E-state index in [0.29, 0.717) is 35.9 Å². The fourth-order valence-corrected chi connectivity index (χ4v) is 2.24. The molecule has 0 unspecified atom stereocenters. The Bertz CT molecular complexity index is 717. The van der Waals surface area contributed by atoms with E-state index >= 15 is 0 Å². The van der Waals surface area contributed by atoms with Gasteiger partial charge in [-0.25, -0.2) is 0 Å². The molecule has 0 aromatic heterocycles. The molecule has 0 saturated carbocycles. The molecular weight excluding hydrogens is 318 g/mol. The minimum atomic E-state index is -0.169. The Morgan fingerprint density at radius 2 is 1.96 bits per heavy atom. The molecule has 0 aliphatic carbocycles. The van der Waals surface area contributed by atoms with Crippen molar-refractivity contribution in [2.24, 2.45) is 0 Å². The van der Waals surface area contributed by atoms with E-state index in [4.69, 9.17) is 15.2 Å². The number of nitrogens with zero attached hydrogens (tertiary/aromatic N) is 1. The summed E-state index contributed by atoms with van der Waals surface area (Å²) in [7, 11) is 5.59. The van der Waals surface area contributed by atoms with E-state index in [1.807, 2.05) is 37.2 Å². The monoisotopic (exact) mass is 343 g/mol. The fraction of sp³-hybridized carbons (Fsp3) is 0.316. The maximum Gasteiger partial charge on any atom is 0.251 e. The predicted molar refractivity (Wildman–Crippen MR) is 99.1 cm³/mol. The van der Waals surface area contributed by atoms with Crippen molar-refractivity contribution in [3.05, 3.63) is 53.6 Å². The number of hydrogen-bond donors (Lipinski definition) is 2. The second-order valence-electron chi connectivity index (χ2n) is 5.95. The summed E-state index contributed by atoms with van der Waals surface area (Å²) in [4.78, 5) is 14.2. The number of nitrogen functional groups attached to an aromatic ring is 1. The van der Waals surface area contributed by atoms with Crippen LogP contribution in [0, 0.1) is 0 Å². The van der Waals surface area contributed by atoms with Gasteiger partial charge in [-0.2, -0.15) is 0 Å². The predicted octanol–water partition coefficient (Wildman–Crippen LogP) is 2.15. The van der Waals surface area contributed by atoms with E-state index in [1.165, 1.54) is 0 Å². The third kappa shape index (κ3) is 5.69. The third-order valence-electron chi connectivity index (χ3n) is 3.63. The first-order valence-corrected chi connectivity index (χ1v) is 8.08. The molecule has 0 atom stereocenters. The maximum absolute atomic E-state index is 12.2. The molecule has 6 nitrogen and oxygen atoms in total. The Morgan fingerprint density at radius 3 is 2.64 bits per heavy atom. The summed E-state index contributed by atoms with van der Waals surface area (Å²) in [5, 5.41) is 2.87. The average Bonchev–Trinajstić information content (AvgIpc) is 2.60. The Labute approximate surface area is 148 Å². The van der Waals surface area contributed by atoms with Crippen molar-refractivity contribution in [3.63, 3.8) is 0 Å². The van der Waals surface area contributed by atoms with E-state index in [0.717, 1.165) is 12.1 Å². The van der Waals surface area contributed by atoms with Gasteiger partial charge in [0.25, 0.3) is 5.91 Å². The molecule has 25 heavy (non-hydrogen) atoms. The lowest BCUT2D eigenvalue weighted by molar-refractivity contribution is 0.0951. The number of rotatable bonds is 8. The van der Waals surface area contributed by atoms with Crippen molar-refractivity contribution in [2.45, 2.75) is 6.54 Å². The van der Waals surface area contributed by atoms with Crippen molar-refractivity contribution in [3.8, 4) is 11.5 Å². The molecule has 2 aromatic rings. The van der Waals surface area contributed by atoms with Gasteiger partial charge in [0.1, 0.15) is 6.61 Å². The zero-order valence-electron chi connectivity index (χ0n) is 14.9. The van der Waals surface area contributed by atoms with Crippen LogP contribution in [0.4, 0.5) is 5.69 Å². The number of ether oxygens (including phenoxy) is 2.